The Hall–Kier alpha value is -1.55. The first-order valence-corrected chi connectivity index (χ1v) is 7.57. The molecule has 0 unspecified atom stereocenters. The number of aliphatic hydroxyl groups is 1. The lowest BCUT2D eigenvalue weighted by molar-refractivity contribution is 0.00900. The Morgan fingerprint density at radius 3 is 2.43 bits per heavy atom. The van der Waals surface area contributed by atoms with Gasteiger partial charge in [0.1, 0.15) is 5.60 Å². The monoisotopic (exact) mass is 291 g/mol. The zero-order valence-electron chi connectivity index (χ0n) is 13.1. The quantitative estimate of drug-likeness (QED) is 0.931. The van der Waals surface area contributed by atoms with Crippen LogP contribution in [0, 0.1) is 0 Å². The average molecular weight is 291 g/mol. The minimum absolute atomic E-state index is 0.00939. The number of nitrogens with zero attached hydrogens (tertiary/aromatic N) is 1. The number of hydrogen-bond donors (Lipinski definition) is 1. The Morgan fingerprint density at radius 1 is 1.24 bits per heavy atom. The molecule has 0 aliphatic carbocycles. The van der Waals surface area contributed by atoms with Gasteiger partial charge in [0, 0.05) is 6.04 Å². The molecule has 1 N–H and O–H groups in total. The Bertz CT molecular complexity index is 467. The number of ether oxygens (including phenoxy) is 1. The molecule has 1 aliphatic heterocycles. The largest absolute Gasteiger partial charge is 0.444 e. The number of likely N-dealkylation sites (tertiary alicyclic amines) is 1. The third-order valence-electron chi connectivity index (χ3n) is 3.75. The van der Waals surface area contributed by atoms with Crippen LogP contribution in [0.1, 0.15) is 39.2 Å². The summed E-state index contributed by atoms with van der Waals surface area (Å²) < 4.78 is 5.50. The maximum Gasteiger partial charge on any atom is 0.410 e. The molecule has 4 nitrogen and oxygen atoms in total. The summed E-state index contributed by atoms with van der Waals surface area (Å²) in [6.45, 7) is 5.58. The van der Waals surface area contributed by atoms with E-state index in [2.05, 4.69) is 12.1 Å². The van der Waals surface area contributed by atoms with Gasteiger partial charge in [-0.3, -0.25) is 4.90 Å². The van der Waals surface area contributed by atoms with Gasteiger partial charge in [0.25, 0.3) is 0 Å². The average Bonchev–Trinajstić information content (AvgIpc) is 2.81. The van der Waals surface area contributed by atoms with Gasteiger partial charge in [-0.2, -0.15) is 0 Å². The number of rotatable bonds is 3. The van der Waals surface area contributed by atoms with Crippen molar-refractivity contribution in [1.82, 2.24) is 4.90 Å². The predicted molar refractivity (Wildman–Crippen MR) is 82.1 cm³/mol. The highest BCUT2D eigenvalue weighted by Crippen LogP contribution is 2.28. The fraction of sp³-hybridized carbons (Fsp3) is 0.588. The normalized spacial score (nSPS) is 22.4. The van der Waals surface area contributed by atoms with Crippen LogP contribution in [0.25, 0.3) is 0 Å². The minimum Gasteiger partial charge on any atom is -0.444 e. The van der Waals surface area contributed by atoms with Crippen LogP contribution in [-0.2, 0) is 11.2 Å². The van der Waals surface area contributed by atoms with Crippen LogP contribution in [-0.4, -0.2) is 40.4 Å². The van der Waals surface area contributed by atoms with E-state index >= 15 is 0 Å². The number of carbonyl (C=O) groups excluding carboxylic acids is 1. The van der Waals surface area contributed by atoms with Gasteiger partial charge in [0.05, 0.1) is 12.6 Å². The molecule has 1 saturated heterocycles. The zero-order chi connectivity index (χ0) is 15.5. The Kier molecular flexibility index (Phi) is 4.88. The number of hydrogen-bond acceptors (Lipinski definition) is 3. The summed E-state index contributed by atoms with van der Waals surface area (Å²) >= 11 is 0. The van der Waals surface area contributed by atoms with Crippen LogP contribution in [0.3, 0.4) is 0 Å². The predicted octanol–water partition coefficient (Wildman–Crippen LogP) is 2.99. The first-order valence-electron chi connectivity index (χ1n) is 7.57. The van der Waals surface area contributed by atoms with Gasteiger partial charge in [-0.1, -0.05) is 30.3 Å². The third kappa shape index (κ3) is 4.21. The number of carbonyl (C=O) groups is 1. The van der Waals surface area contributed by atoms with Gasteiger partial charge in [0.2, 0.25) is 0 Å². The highest BCUT2D eigenvalue weighted by molar-refractivity contribution is 5.69. The van der Waals surface area contributed by atoms with E-state index < -0.39 is 5.60 Å². The summed E-state index contributed by atoms with van der Waals surface area (Å²) in [5.41, 5.74) is 0.686. The Labute approximate surface area is 126 Å². The molecule has 1 aliphatic rings. The van der Waals surface area contributed by atoms with Gasteiger partial charge in [-0.05, 0) is 45.6 Å². The van der Waals surface area contributed by atoms with Crippen molar-refractivity contribution in [2.45, 2.75) is 57.7 Å². The van der Waals surface area contributed by atoms with Crippen molar-refractivity contribution in [2.24, 2.45) is 0 Å². The van der Waals surface area contributed by atoms with Crippen LogP contribution in [0.4, 0.5) is 4.79 Å². The second kappa shape index (κ2) is 6.48. The van der Waals surface area contributed by atoms with Crippen molar-refractivity contribution in [1.29, 1.82) is 0 Å². The highest BCUT2D eigenvalue weighted by Gasteiger charge is 2.38. The molecule has 21 heavy (non-hydrogen) atoms. The molecule has 1 amide bonds. The van der Waals surface area contributed by atoms with Crippen LogP contribution >= 0.6 is 0 Å². The van der Waals surface area contributed by atoms with Crippen molar-refractivity contribution in [3.63, 3.8) is 0 Å². The minimum atomic E-state index is -0.517. The van der Waals surface area contributed by atoms with E-state index in [-0.39, 0.29) is 24.8 Å². The molecule has 0 bridgehead atoms. The summed E-state index contributed by atoms with van der Waals surface area (Å²) in [5, 5.41) is 9.52. The van der Waals surface area contributed by atoms with Crippen molar-refractivity contribution in [3.05, 3.63) is 35.9 Å². The van der Waals surface area contributed by atoms with Crippen LogP contribution in [0.5, 0.6) is 0 Å². The Morgan fingerprint density at radius 2 is 1.86 bits per heavy atom. The summed E-state index contributed by atoms with van der Waals surface area (Å²) in [5.74, 6) is 0. The van der Waals surface area contributed by atoms with Gasteiger partial charge in [-0.25, -0.2) is 4.79 Å². The van der Waals surface area contributed by atoms with E-state index in [4.69, 9.17) is 4.74 Å². The second-order valence-electron chi connectivity index (χ2n) is 6.64. The summed E-state index contributed by atoms with van der Waals surface area (Å²) in [6.07, 6.45) is 2.21. The van der Waals surface area contributed by atoms with E-state index in [1.165, 1.54) is 5.56 Å². The molecule has 1 aromatic rings. The molecule has 4 heteroatoms. The van der Waals surface area contributed by atoms with Crippen LogP contribution in [0.15, 0.2) is 30.3 Å². The first kappa shape index (κ1) is 15.8. The molecule has 1 heterocycles. The molecular weight excluding hydrogens is 266 g/mol. The van der Waals surface area contributed by atoms with E-state index in [9.17, 15) is 9.90 Å². The summed E-state index contributed by atoms with van der Waals surface area (Å²) in [4.78, 5) is 14.2. The molecule has 1 fully saturated rings. The number of amides is 1. The zero-order valence-corrected chi connectivity index (χ0v) is 13.1. The van der Waals surface area contributed by atoms with E-state index in [0.717, 1.165) is 19.3 Å². The maximum absolute atomic E-state index is 12.4. The van der Waals surface area contributed by atoms with Crippen LogP contribution in [0.2, 0.25) is 0 Å². The van der Waals surface area contributed by atoms with E-state index in [1.807, 2.05) is 39.0 Å². The van der Waals surface area contributed by atoms with Crippen molar-refractivity contribution in [2.75, 3.05) is 6.61 Å². The maximum atomic E-state index is 12.4. The molecule has 0 radical (unpaired) electrons. The fourth-order valence-electron chi connectivity index (χ4n) is 2.84. The molecule has 2 atom stereocenters. The van der Waals surface area contributed by atoms with Gasteiger partial charge < -0.3 is 9.84 Å². The summed E-state index contributed by atoms with van der Waals surface area (Å²) in [7, 11) is 0. The van der Waals surface area contributed by atoms with Crippen molar-refractivity contribution in [3.8, 4) is 0 Å². The van der Waals surface area contributed by atoms with Gasteiger partial charge in [0.15, 0.2) is 0 Å². The molecule has 0 aromatic heterocycles. The van der Waals surface area contributed by atoms with Gasteiger partial charge >= 0.3 is 6.09 Å². The second-order valence-corrected chi connectivity index (χ2v) is 6.64. The highest BCUT2D eigenvalue weighted by atomic mass is 16.6. The smallest absolute Gasteiger partial charge is 0.410 e. The topological polar surface area (TPSA) is 49.8 Å². The molecule has 2 rings (SSSR count). The van der Waals surface area contributed by atoms with Crippen molar-refractivity contribution < 1.29 is 14.6 Å². The number of benzene rings is 1. The van der Waals surface area contributed by atoms with E-state index in [1.54, 1.807) is 4.90 Å². The molecule has 0 spiro atoms. The van der Waals surface area contributed by atoms with Crippen LogP contribution < -0.4 is 0 Å². The third-order valence-corrected chi connectivity index (χ3v) is 3.75. The van der Waals surface area contributed by atoms with E-state index in [0.29, 0.717) is 0 Å². The molecular formula is C17H25NO3. The fourth-order valence-corrected chi connectivity index (χ4v) is 2.84. The number of aliphatic hydroxyl groups excluding tert-OH is 1. The lowest BCUT2D eigenvalue weighted by atomic mass is 10.0. The first-order chi connectivity index (χ1) is 9.90. The van der Waals surface area contributed by atoms with Crippen molar-refractivity contribution >= 4 is 6.09 Å². The lowest BCUT2D eigenvalue weighted by Gasteiger charge is -2.32. The SMILES string of the molecule is CC(C)(C)OC(=O)N1[C@H](CO)CC[C@H]1Cc1ccccc1. The molecule has 116 valence electrons. The van der Waals surface area contributed by atoms with Gasteiger partial charge in [-0.15, -0.1) is 0 Å². The summed E-state index contributed by atoms with van der Waals surface area (Å²) in [6, 6.07) is 10.1. The molecule has 1 aromatic carbocycles. The lowest BCUT2D eigenvalue weighted by Crippen LogP contribution is -2.46. The standard InChI is InChI=1S/C17H25NO3/c1-17(2,3)21-16(20)18-14(9-10-15(18)12-19)11-13-7-5-4-6-8-13/h4-8,14-15,19H,9-12H2,1-3H3/t14-,15-/m0/s1. The Balaban J connectivity index is 2.11. The molecule has 0 saturated carbocycles.